The maximum atomic E-state index is 8.44. The van der Waals surface area contributed by atoms with Crippen molar-refractivity contribution >= 4 is 8.32 Å². The van der Waals surface area contributed by atoms with E-state index >= 15 is 0 Å². The van der Waals surface area contributed by atoms with Crippen molar-refractivity contribution in [2.45, 2.75) is 19.6 Å². The smallest absolute Gasteiger partial charge is 0.242 e. The Morgan fingerprint density at radius 1 is 1.55 bits per heavy atom. The highest BCUT2D eigenvalue weighted by molar-refractivity contribution is 6.70. The van der Waals surface area contributed by atoms with Crippen LogP contribution in [-0.2, 0) is 4.43 Å². The van der Waals surface area contributed by atoms with Gasteiger partial charge in [0.15, 0.2) is 0 Å². The number of aliphatic hydroxyl groups excluding tert-OH is 1. The Kier molecular flexibility index (Phi) is 4.14. The number of aliphatic hydroxyl groups is 1. The standard InChI is InChI=1S/C8H16O2Si/c1-8(6-5-7-9)10-11(2,3)4/h5-6,9H,1,7H2,2-4H3/b6-5+. The Bertz CT molecular complexity index is 156. The molecule has 0 radical (unpaired) electrons. The average Bonchev–Trinajstić information content (AvgIpc) is 1.79. The predicted molar refractivity (Wildman–Crippen MR) is 49.8 cm³/mol. The van der Waals surface area contributed by atoms with E-state index in [0.717, 1.165) is 0 Å². The first-order chi connectivity index (χ1) is 4.95. The molecule has 0 rings (SSSR count). The molecule has 0 aliphatic rings. The van der Waals surface area contributed by atoms with Gasteiger partial charge in [-0.2, -0.15) is 0 Å². The van der Waals surface area contributed by atoms with Gasteiger partial charge in [0.25, 0.3) is 0 Å². The second-order valence-corrected chi connectivity index (χ2v) is 7.69. The molecule has 0 saturated heterocycles. The van der Waals surface area contributed by atoms with Gasteiger partial charge in [0, 0.05) is 0 Å². The third-order valence-electron chi connectivity index (χ3n) is 0.846. The second-order valence-electron chi connectivity index (χ2n) is 3.27. The van der Waals surface area contributed by atoms with Crippen LogP contribution in [-0.4, -0.2) is 20.0 Å². The van der Waals surface area contributed by atoms with Gasteiger partial charge >= 0.3 is 0 Å². The first kappa shape index (κ1) is 10.5. The van der Waals surface area contributed by atoms with Crippen molar-refractivity contribution in [3.63, 3.8) is 0 Å². The summed E-state index contributed by atoms with van der Waals surface area (Å²) >= 11 is 0. The SMILES string of the molecule is C=C(/C=C/CO)O[Si](C)(C)C. The third-order valence-corrected chi connectivity index (χ3v) is 1.72. The Labute approximate surface area is 69.3 Å². The summed E-state index contributed by atoms with van der Waals surface area (Å²) in [5.74, 6) is 0.637. The molecule has 0 aromatic rings. The fraction of sp³-hybridized carbons (Fsp3) is 0.500. The van der Waals surface area contributed by atoms with Crippen molar-refractivity contribution in [3.05, 3.63) is 24.5 Å². The van der Waals surface area contributed by atoms with E-state index in [0.29, 0.717) is 5.76 Å². The molecule has 0 aliphatic carbocycles. The van der Waals surface area contributed by atoms with Crippen molar-refractivity contribution in [3.8, 4) is 0 Å². The molecule has 64 valence electrons. The molecular weight excluding hydrogens is 156 g/mol. The summed E-state index contributed by atoms with van der Waals surface area (Å²) in [5, 5.41) is 8.44. The summed E-state index contributed by atoms with van der Waals surface area (Å²) in [6, 6.07) is 0. The van der Waals surface area contributed by atoms with Crippen molar-refractivity contribution in [2.24, 2.45) is 0 Å². The van der Waals surface area contributed by atoms with Gasteiger partial charge in [0.1, 0.15) is 0 Å². The van der Waals surface area contributed by atoms with E-state index in [-0.39, 0.29) is 6.61 Å². The van der Waals surface area contributed by atoms with Gasteiger partial charge in [-0.1, -0.05) is 12.7 Å². The van der Waals surface area contributed by atoms with Gasteiger partial charge in [0.05, 0.1) is 12.4 Å². The van der Waals surface area contributed by atoms with Crippen molar-refractivity contribution in [1.29, 1.82) is 0 Å². The molecule has 11 heavy (non-hydrogen) atoms. The lowest BCUT2D eigenvalue weighted by molar-refractivity contribution is 0.341. The van der Waals surface area contributed by atoms with E-state index in [1.807, 2.05) is 0 Å². The summed E-state index contributed by atoms with van der Waals surface area (Å²) in [7, 11) is -1.50. The van der Waals surface area contributed by atoms with Gasteiger partial charge in [-0.05, 0) is 25.7 Å². The van der Waals surface area contributed by atoms with Crippen LogP contribution in [0.15, 0.2) is 24.5 Å². The second kappa shape index (κ2) is 4.36. The Hall–Kier alpha value is -0.543. The molecule has 0 unspecified atom stereocenters. The lowest BCUT2D eigenvalue weighted by Gasteiger charge is -2.18. The highest BCUT2D eigenvalue weighted by atomic mass is 28.4. The number of rotatable bonds is 4. The van der Waals surface area contributed by atoms with Crippen molar-refractivity contribution < 1.29 is 9.53 Å². The molecule has 2 nitrogen and oxygen atoms in total. The van der Waals surface area contributed by atoms with Crippen molar-refractivity contribution in [1.82, 2.24) is 0 Å². The van der Waals surface area contributed by atoms with E-state index in [4.69, 9.17) is 9.53 Å². The minimum atomic E-state index is -1.50. The summed E-state index contributed by atoms with van der Waals surface area (Å²) in [6.45, 7) is 9.99. The summed E-state index contributed by atoms with van der Waals surface area (Å²) < 4.78 is 5.49. The van der Waals surface area contributed by atoms with Crippen LogP contribution in [0.5, 0.6) is 0 Å². The molecule has 0 aromatic heterocycles. The van der Waals surface area contributed by atoms with Crippen LogP contribution < -0.4 is 0 Å². The van der Waals surface area contributed by atoms with E-state index < -0.39 is 8.32 Å². The zero-order chi connectivity index (χ0) is 8.91. The van der Waals surface area contributed by atoms with Crippen LogP contribution in [0, 0.1) is 0 Å². The highest BCUT2D eigenvalue weighted by Gasteiger charge is 2.15. The molecule has 0 bridgehead atoms. The van der Waals surface area contributed by atoms with Gasteiger partial charge in [-0.3, -0.25) is 0 Å². The monoisotopic (exact) mass is 172 g/mol. The Balaban J connectivity index is 3.80. The van der Waals surface area contributed by atoms with Crippen LogP contribution in [0.25, 0.3) is 0 Å². The molecular formula is C8H16O2Si. The van der Waals surface area contributed by atoms with Gasteiger partial charge in [0.2, 0.25) is 8.32 Å². The van der Waals surface area contributed by atoms with Gasteiger partial charge in [-0.25, -0.2) is 0 Å². The molecule has 0 spiro atoms. The quantitative estimate of drug-likeness (QED) is 0.399. The molecule has 3 heteroatoms. The topological polar surface area (TPSA) is 29.5 Å². The maximum absolute atomic E-state index is 8.44. The zero-order valence-electron chi connectivity index (χ0n) is 7.42. The molecule has 0 fully saturated rings. The number of hydrogen-bond acceptors (Lipinski definition) is 2. The predicted octanol–water partition coefficient (Wildman–Crippen LogP) is 1.90. The highest BCUT2D eigenvalue weighted by Crippen LogP contribution is 2.09. The fourth-order valence-electron chi connectivity index (χ4n) is 0.611. The molecule has 0 atom stereocenters. The molecule has 0 aliphatic heterocycles. The lowest BCUT2D eigenvalue weighted by Crippen LogP contribution is -2.24. The maximum Gasteiger partial charge on any atom is 0.242 e. The molecule has 0 aromatic carbocycles. The first-order valence-electron chi connectivity index (χ1n) is 3.61. The van der Waals surface area contributed by atoms with Crippen LogP contribution in [0.2, 0.25) is 19.6 Å². The molecule has 0 heterocycles. The first-order valence-corrected chi connectivity index (χ1v) is 7.02. The largest absolute Gasteiger partial charge is 0.545 e. The molecule has 0 amide bonds. The van der Waals surface area contributed by atoms with Gasteiger partial charge in [-0.15, -0.1) is 0 Å². The average molecular weight is 172 g/mol. The molecule has 1 N–H and O–H groups in total. The van der Waals surface area contributed by atoms with E-state index in [1.54, 1.807) is 12.2 Å². The van der Waals surface area contributed by atoms with Crippen molar-refractivity contribution in [2.75, 3.05) is 6.61 Å². The zero-order valence-corrected chi connectivity index (χ0v) is 8.42. The van der Waals surface area contributed by atoms with E-state index in [9.17, 15) is 0 Å². The number of allylic oxidation sites excluding steroid dienone is 1. The summed E-state index contributed by atoms with van der Waals surface area (Å²) in [6.07, 6.45) is 3.31. The minimum Gasteiger partial charge on any atom is -0.545 e. The van der Waals surface area contributed by atoms with Crippen LogP contribution in [0.4, 0.5) is 0 Å². The van der Waals surface area contributed by atoms with Crippen LogP contribution in [0.1, 0.15) is 0 Å². The van der Waals surface area contributed by atoms with E-state index in [2.05, 4.69) is 26.2 Å². The normalized spacial score (nSPS) is 12.0. The number of hydrogen-bond donors (Lipinski definition) is 1. The third kappa shape index (κ3) is 7.35. The Morgan fingerprint density at radius 2 is 2.09 bits per heavy atom. The summed E-state index contributed by atoms with van der Waals surface area (Å²) in [4.78, 5) is 0. The minimum absolute atomic E-state index is 0.0358. The summed E-state index contributed by atoms with van der Waals surface area (Å²) in [5.41, 5.74) is 0. The lowest BCUT2D eigenvalue weighted by atomic mass is 10.5. The van der Waals surface area contributed by atoms with E-state index in [1.165, 1.54) is 0 Å². The Morgan fingerprint density at radius 3 is 2.45 bits per heavy atom. The molecule has 0 saturated carbocycles. The van der Waals surface area contributed by atoms with Gasteiger partial charge < -0.3 is 9.53 Å². The van der Waals surface area contributed by atoms with Crippen LogP contribution >= 0.6 is 0 Å². The fourth-order valence-corrected chi connectivity index (χ4v) is 1.47. The van der Waals surface area contributed by atoms with Crippen LogP contribution in [0.3, 0.4) is 0 Å².